The number of hydrogen-bond acceptors (Lipinski definition) is 12. The molecule has 0 amide bonds. The first-order chi connectivity index (χ1) is 21.3. The Balaban J connectivity index is 1.59. The summed E-state index contributed by atoms with van der Waals surface area (Å²) in [6.07, 6.45) is -1.85. The highest BCUT2D eigenvalue weighted by Crippen LogP contribution is 2.67. The van der Waals surface area contributed by atoms with E-state index in [9.17, 15) is 29.4 Å². The third-order valence-electron chi connectivity index (χ3n) is 11.7. The molecule has 0 bridgehead atoms. The Hall–Kier alpha value is -3.22. The standard InChI is InChI=1S/C33H42O12/c1-6-16(2)27(38)30(39)44-29-28(43-15-34)26-18(25-20(35)9-19(32(25,29)4)17-7-8-40-12-17)13-41-22-11-24(37)45-31(3)14-42-23(36)10-21(31)33(22,26)5/h7-8,12,15-16,19-22,26-29,35,38H,6,9-11,13-14H2,1-5H3/t16-,19-,20+,21-,22-,26?,27+,28+,29-,31+,32-,33+/m0/s1. The molecule has 12 nitrogen and oxygen atoms in total. The maximum absolute atomic E-state index is 13.6. The minimum absolute atomic E-state index is 0.0149. The van der Waals surface area contributed by atoms with Gasteiger partial charge in [0.1, 0.15) is 24.4 Å². The van der Waals surface area contributed by atoms with Crippen LogP contribution in [0.5, 0.6) is 0 Å². The largest absolute Gasteiger partial charge is 0.472 e. The normalized spacial score (nSPS) is 42.1. The SMILES string of the molecule is CC[C@H](C)[C@@H](O)C(=O)O[C@H]1[C@H](OC=O)C2C(=C3[C@H](O)C[C@@H](c4ccoc4)[C@@]31C)CO[C@H]1CC(=O)O[C@]3(C)COC(=O)C[C@@H]3[C@@]21C. The van der Waals surface area contributed by atoms with Crippen LogP contribution in [0.4, 0.5) is 0 Å². The Kier molecular flexibility index (Phi) is 7.93. The van der Waals surface area contributed by atoms with E-state index in [0.717, 1.165) is 5.56 Å². The van der Waals surface area contributed by atoms with Gasteiger partial charge in [0.15, 0.2) is 6.10 Å². The molecule has 6 rings (SSSR count). The zero-order chi connectivity index (χ0) is 32.5. The Morgan fingerprint density at radius 2 is 1.96 bits per heavy atom. The predicted molar refractivity (Wildman–Crippen MR) is 153 cm³/mol. The van der Waals surface area contributed by atoms with Gasteiger partial charge in [-0.2, -0.15) is 0 Å². The molecule has 0 aromatic carbocycles. The summed E-state index contributed by atoms with van der Waals surface area (Å²) in [4.78, 5) is 52.0. The minimum atomic E-state index is -1.44. The van der Waals surface area contributed by atoms with Crippen LogP contribution in [0.15, 0.2) is 34.2 Å². The summed E-state index contributed by atoms with van der Waals surface area (Å²) >= 11 is 0. The molecule has 3 saturated heterocycles. The number of aliphatic hydroxyl groups excluding tert-OH is 2. The van der Waals surface area contributed by atoms with Gasteiger partial charge in [-0.3, -0.25) is 14.4 Å². The number of hydrogen-bond donors (Lipinski definition) is 2. The van der Waals surface area contributed by atoms with Gasteiger partial charge < -0.3 is 38.3 Å². The minimum Gasteiger partial charge on any atom is -0.472 e. The maximum Gasteiger partial charge on any atom is 0.335 e. The first-order valence-electron chi connectivity index (χ1n) is 15.7. The number of fused-ring (bicyclic) bond motifs is 6. The molecule has 3 aliphatic heterocycles. The van der Waals surface area contributed by atoms with Crippen LogP contribution < -0.4 is 0 Å². The summed E-state index contributed by atoms with van der Waals surface area (Å²) in [5, 5.41) is 22.7. The molecule has 1 aromatic rings. The molecule has 1 aromatic heterocycles. The fourth-order valence-corrected chi connectivity index (χ4v) is 9.32. The monoisotopic (exact) mass is 630 g/mol. The molecule has 2 aliphatic carbocycles. The van der Waals surface area contributed by atoms with Crippen LogP contribution in [-0.4, -0.2) is 83.9 Å². The van der Waals surface area contributed by atoms with E-state index in [1.165, 1.54) is 6.26 Å². The van der Waals surface area contributed by atoms with Crippen molar-refractivity contribution in [3.63, 3.8) is 0 Å². The van der Waals surface area contributed by atoms with Gasteiger partial charge in [-0.15, -0.1) is 0 Å². The number of carbonyl (C=O) groups excluding carboxylic acids is 4. The van der Waals surface area contributed by atoms with E-state index in [2.05, 4.69) is 0 Å². The van der Waals surface area contributed by atoms with Crippen molar-refractivity contribution >= 4 is 24.4 Å². The van der Waals surface area contributed by atoms with Gasteiger partial charge in [-0.25, -0.2) is 4.79 Å². The Labute approximate surface area is 261 Å². The molecule has 0 radical (unpaired) electrons. The third-order valence-corrected chi connectivity index (χ3v) is 11.7. The second kappa shape index (κ2) is 11.2. The molecular weight excluding hydrogens is 588 g/mol. The summed E-state index contributed by atoms with van der Waals surface area (Å²) in [6.45, 7) is 9.22. The Bertz CT molecular complexity index is 1390. The van der Waals surface area contributed by atoms with Crippen LogP contribution >= 0.6 is 0 Å². The fourth-order valence-electron chi connectivity index (χ4n) is 9.32. The molecule has 45 heavy (non-hydrogen) atoms. The topological polar surface area (TPSA) is 168 Å². The quantitative estimate of drug-likeness (QED) is 0.196. The smallest absolute Gasteiger partial charge is 0.335 e. The Morgan fingerprint density at radius 1 is 1.20 bits per heavy atom. The molecule has 4 fully saturated rings. The first-order valence-corrected chi connectivity index (χ1v) is 15.7. The van der Waals surface area contributed by atoms with Crippen molar-refractivity contribution in [3.05, 3.63) is 35.3 Å². The molecule has 2 N–H and O–H groups in total. The lowest BCUT2D eigenvalue weighted by Gasteiger charge is -2.60. The van der Waals surface area contributed by atoms with E-state index in [0.29, 0.717) is 24.0 Å². The van der Waals surface area contributed by atoms with E-state index >= 15 is 0 Å². The summed E-state index contributed by atoms with van der Waals surface area (Å²) < 4.78 is 35.4. The van der Waals surface area contributed by atoms with E-state index in [4.69, 9.17) is 28.1 Å². The van der Waals surface area contributed by atoms with Crippen LogP contribution in [0, 0.1) is 28.6 Å². The summed E-state index contributed by atoms with van der Waals surface area (Å²) in [7, 11) is 0. The molecule has 4 heterocycles. The van der Waals surface area contributed by atoms with Gasteiger partial charge in [0.25, 0.3) is 6.47 Å². The highest BCUT2D eigenvalue weighted by atomic mass is 16.6. The molecule has 1 unspecified atom stereocenters. The van der Waals surface area contributed by atoms with Crippen LogP contribution in [0.2, 0.25) is 0 Å². The number of aliphatic hydroxyl groups is 2. The highest BCUT2D eigenvalue weighted by Gasteiger charge is 2.71. The molecule has 12 heteroatoms. The lowest BCUT2D eigenvalue weighted by molar-refractivity contribution is -0.228. The fraction of sp³-hybridized carbons (Fsp3) is 0.697. The summed E-state index contributed by atoms with van der Waals surface area (Å²) in [6, 6.07) is 1.78. The van der Waals surface area contributed by atoms with Gasteiger partial charge in [0.2, 0.25) is 0 Å². The van der Waals surface area contributed by atoms with Crippen LogP contribution in [0.3, 0.4) is 0 Å². The van der Waals surface area contributed by atoms with Gasteiger partial charge in [0, 0.05) is 28.6 Å². The second-order valence-electron chi connectivity index (χ2n) is 14.0. The zero-order valence-corrected chi connectivity index (χ0v) is 26.2. The van der Waals surface area contributed by atoms with Gasteiger partial charge in [-0.1, -0.05) is 34.1 Å². The highest BCUT2D eigenvalue weighted by molar-refractivity contribution is 5.76. The number of cyclic esters (lactones) is 1. The van der Waals surface area contributed by atoms with E-state index in [1.807, 2.05) is 20.8 Å². The number of ether oxygens (including phenoxy) is 5. The number of rotatable bonds is 7. The predicted octanol–water partition coefficient (Wildman–Crippen LogP) is 2.59. The van der Waals surface area contributed by atoms with E-state index in [1.54, 1.807) is 26.2 Å². The average Bonchev–Trinajstić information content (AvgIpc) is 3.60. The molecular formula is C33H42O12. The van der Waals surface area contributed by atoms with Crippen molar-refractivity contribution in [2.45, 2.75) is 102 Å². The van der Waals surface area contributed by atoms with E-state index < -0.39 is 88.5 Å². The van der Waals surface area contributed by atoms with E-state index in [-0.39, 0.29) is 32.5 Å². The van der Waals surface area contributed by atoms with Crippen molar-refractivity contribution < 1.29 is 57.5 Å². The number of esters is 3. The zero-order valence-electron chi connectivity index (χ0n) is 26.2. The number of carbonyl (C=O) groups is 4. The second-order valence-corrected chi connectivity index (χ2v) is 14.0. The third kappa shape index (κ3) is 4.66. The van der Waals surface area contributed by atoms with Crippen LogP contribution in [-0.2, 0) is 42.9 Å². The van der Waals surface area contributed by atoms with Crippen LogP contribution in [0.1, 0.15) is 71.8 Å². The molecule has 246 valence electrons. The molecule has 5 aliphatic rings. The van der Waals surface area contributed by atoms with Crippen molar-refractivity contribution in [2.75, 3.05) is 13.2 Å². The van der Waals surface area contributed by atoms with Crippen molar-refractivity contribution in [1.82, 2.24) is 0 Å². The lowest BCUT2D eigenvalue weighted by atomic mass is 9.49. The van der Waals surface area contributed by atoms with Crippen molar-refractivity contribution in [2.24, 2.45) is 28.6 Å². The van der Waals surface area contributed by atoms with Crippen LogP contribution in [0.25, 0.3) is 0 Å². The molecule has 1 saturated carbocycles. The molecule has 0 spiro atoms. The van der Waals surface area contributed by atoms with Gasteiger partial charge in [0.05, 0.1) is 44.2 Å². The maximum atomic E-state index is 13.6. The van der Waals surface area contributed by atoms with Gasteiger partial charge in [-0.05, 0) is 42.0 Å². The first kappa shape index (κ1) is 31.7. The summed E-state index contributed by atoms with van der Waals surface area (Å²) in [5.41, 5.74) is -1.40. The Morgan fingerprint density at radius 3 is 2.62 bits per heavy atom. The number of furan rings is 1. The molecule has 12 atom stereocenters. The summed E-state index contributed by atoms with van der Waals surface area (Å²) in [5.74, 6) is -4.09. The average molecular weight is 631 g/mol. The van der Waals surface area contributed by atoms with Crippen molar-refractivity contribution in [3.8, 4) is 0 Å². The lowest BCUT2D eigenvalue weighted by Crippen LogP contribution is -2.67. The van der Waals surface area contributed by atoms with Gasteiger partial charge >= 0.3 is 17.9 Å². The van der Waals surface area contributed by atoms with Crippen molar-refractivity contribution in [1.29, 1.82) is 0 Å².